The number of ether oxygens (including phenoxy) is 3. The maximum absolute atomic E-state index is 14.5. The van der Waals surface area contributed by atoms with Crippen LogP contribution in [0.1, 0.15) is 34.1 Å². The summed E-state index contributed by atoms with van der Waals surface area (Å²) in [6, 6.07) is -1.58. The third kappa shape index (κ3) is 4.94. The zero-order valence-corrected chi connectivity index (χ0v) is 23.8. The van der Waals surface area contributed by atoms with Gasteiger partial charge in [-0.05, 0) is 25.2 Å². The van der Waals surface area contributed by atoms with Gasteiger partial charge in [0.2, 0.25) is 11.8 Å². The van der Waals surface area contributed by atoms with Gasteiger partial charge in [0.15, 0.2) is 0 Å². The fourth-order valence-electron chi connectivity index (χ4n) is 7.23. The quantitative estimate of drug-likeness (QED) is 0.286. The van der Waals surface area contributed by atoms with Crippen LogP contribution < -0.4 is 0 Å². The number of carbonyl (C=O) groups is 3. The van der Waals surface area contributed by atoms with Gasteiger partial charge >= 0.3 is 5.97 Å². The summed E-state index contributed by atoms with van der Waals surface area (Å²) in [7, 11) is 0. The van der Waals surface area contributed by atoms with Crippen molar-refractivity contribution in [1.29, 1.82) is 0 Å². The summed E-state index contributed by atoms with van der Waals surface area (Å²) in [4.78, 5) is 47.8. The molecular weight excluding hydrogens is 502 g/mol. The summed E-state index contributed by atoms with van der Waals surface area (Å²) in [5, 5.41) is 10.4. The van der Waals surface area contributed by atoms with Crippen LogP contribution >= 0.6 is 0 Å². The second kappa shape index (κ2) is 11.7. The van der Waals surface area contributed by atoms with E-state index < -0.39 is 41.1 Å². The van der Waals surface area contributed by atoms with Gasteiger partial charge in [-0.1, -0.05) is 39.5 Å². The molecule has 1 spiro atoms. The molecule has 2 bridgehead atoms. The number of aliphatic hydroxyl groups excluding tert-OH is 1. The summed E-state index contributed by atoms with van der Waals surface area (Å²) in [5.41, 5.74) is -2.15. The first-order chi connectivity index (χ1) is 18.6. The maximum Gasteiger partial charge on any atom is 0.313 e. The lowest BCUT2D eigenvalue weighted by Gasteiger charge is -2.41. The molecule has 4 fully saturated rings. The number of morpholine rings is 1. The molecule has 0 aromatic rings. The smallest absolute Gasteiger partial charge is 0.313 e. The van der Waals surface area contributed by atoms with E-state index in [2.05, 4.69) is 18.1 Å². The van der Waals surface area contributed by atoms with Gasteiger partial charge < -0.3 is 29.1 Å². The average molecular weight is 548 g/mol. The molecule has 4 aliphatic heterocycles. The van der Waals surface area contributed by atoms with E-state index in [1.807, 2.05) is 27.7 Å². The summed E-state index contributed by atoms with van der Waals surface area (Å²) >= 11 is 0. The topological polar surface area (TPSA) is 109 Å². The van der Waals surface area contributed by atoms with Gasteiger partial charge in [-0.25, -0.2) is 0 Å². The Hall–Kier alpha value is -2.27. The van der Waals surface area contributed by atoms with Gasteiger partial charge in [-0.2, -0.15) is 0 Å². The molecule has 4 saturated heterocycles. The Morgan fingerprint density at radius 1 is 1.26 bits per heavy atom. The van der Waals surface area contributed by atoms with Crippen molar-refractivity contribution in [3.8, 4) is 0 Å². The Morgan fingerprint density at radius 3 is 2.54 bits per heavy atom. The van der Waals surface area contributed by atoms with Gasteiger partial charge in [-0.15, -0.1) is 6.58 Å². The number of nitrogens with zero attached hydrogens (tertiary/aromatic N) is 3. The van der Waals surface area contributed by atoms with Crippen LogP contribution in [0.2, 0.25) is 0 Å². The minimum atomic E-state index is -1.19. The van der Waals surface area contributed by atoms with Crippen molar-refractivity contribution in [2.75, 3.05) is 59.2 Å². The molecule has 0 saturated carbocycles. The lowest BCUT2D eigenvalue weighted by Crippen LogP contribution is -2.60. The van der Waals surface area contributed by atoms with Crippen LogP contribution in [0, 0.1) is 23.7 Å². The number of rotatable bonds is 12. The molecule has 39 heavy (non-hydrogen) atoms. The van der Waals surface area contributed by atoms with Crippen molar-refractivity contribution in [2.24, 2.45) is 23.7 Å². The molecule has 10 nitrogen and oxygen atoms in total. The van der Waals surface area contributed by atoms with Gasteiger partial charge in [0, 0.05) is 32.7 Å². The number of hydrogen-bond donors (Lipinski definition) is 1. The molecule has 2 amide bonds. The average Bonchev–Trinajstić information content (AvgIpc) is 3.42. The Balaban J connectivity index is 1.74. The molecule has 4 aliphatic rings. The highest BCUT2D eigenvalue weighted by Gasteiger charge is 2.80. The van der Waals surface area contributed by atoms with Crippen molar-refractivity contribution in [3.05, 3.63) is 25.3 Å². The highest BCUT2D eigenvalue weighted by molar-refractivity contribution is 5.98. The minimum Gasteiger partial charge on any atom is -0.461 e. The maximum atomic E-state index is 14.5. The fraction of sp³-hybridized carbons (Fsp3) is 0.759. The molecule has 10 heteroatoms. The summed E-state index contributed by atoms with van der Waals surface area (Å²) in [5.74, 6) is -3.03. The normalized spacial score (nSPS) is 34.7. The van der Waals surface area contributed by atoms with Gasteiger partial charge in [0.05, 0.1) is 37.4 Å². The number of amides is 2. The molecule has 0 aromatic heterocycles. The van der Waals surface area contributed by atoms with E-state index in [9.17, 15) is 19.5 Å². The zero-order valence-electron chi connectivity index (χ0n) is 23.8. The van der Waals surface area contributed by atoms with Crippen LogP contribution in [0.3, 0.4) is 0 Å². The first kappa shape index (κ1) is 29.7. The zero-order chi connectivity index (χ0) is 28.5. The molecule has 3 unspecified atom stereocenters. The van der Waals surface area contributed by atoms with E-state index >= 15 is 0 Å². The van der Waals surface area contributed by atoms with Crippen molar-refractivity contribution >= 4 is 17.8 Å². The van der Waals surface area contributed by atoms with E-state index in [1.165, 1.54) is 11.0 Å². The molecule has 0 radical (unpaired) electrons. The lowest BCUT2D eigenvalue weighted by molar-refractivity contribution is -0.163. The second-order valence-corrected chi connectivity index (χ2v) is 11.9. The monoisotopic (exact) mass is 547 g/mol. The highest BCUT2D eigenvalue weighted by atomic mass is 16.6. The third-order valence-corrected chi connectivity index (χ3v) is 9.35. The number of esters is 1. The molecule has 0 aromatic carbocycles. The van der Waals surface area contributed by atoms with Crippen molar-refractivity contribution in [3.63, 3.8) is 0 Å². The summed E-state index contributed by atoms with van der Waals surface area (Å²) in [6.45, 7) is 19.2. The number of aliphatic hydroxyl groups is 1. The molecule has 7 atom stereocenters. The standard InChI is InChI=1S/C29H45N3O7/c1-7-9-31(11-10-30-12-15-37-16-13-30)26(35)24-29-17-20(5)28(6,39-29)23(27(36)38-14-8-2)22(29)25(34)32(24)21(18-33)19(3)4/h7-8,19-24,33H,1-2,9-18H2,3-6H3/t20?,21-,22-,23+,24?,28-,29?/m0/s1. The highest BCUT2D eigenvalue weighted by Crippen LogP contribution is 2.65. The SMILES string of the molecule is C=CCOC(=O)[C@H]1[C@H]2C(=O)N([C@@H](CO)C(C)C)C(C(=O)N(CC=C)CCN3CCOCC3)C23CC(C)[C@]1(C)O3. The largest absolute Gasteiger partial charge is 0.461 e. The number of fused-ring (bicyclic) bond motifs is 1. The Morgan fingerprint density at radius 2 is 1.95 bits per heavy atom. The van der Waals surface area contributed by atoms with Crippen LogP contribution in [-0.2, 0) is 28.6 Å². The predicted molar refractivity (Wildman–Crippen MR) is 145 cm³/mol. The molecular formula is C29H45N3O7. The van der Waals surface area contributed by atoms with Crippen LogP contribution in [0.15, 0.2) is 25.3 Å². The second-order valence-electron chi connectivity index (χ2n) is 11.9. The molecule has 4 rings (SSSR count). The summed E-state index contributed by atoms with van der Waals surface area (Å²) in [6.07, 6.45) is 3.64. The van der Waals surface area contributed by atoms with Crippen LogP contribution in [-0.4, -0.2) is 120 Å². The third-order valence-electron chi connectivity index (χ3n) is 9.35. The molecule has 4 heterocycles. The number of likely N-dealkylation sites (tertiary alicyclic amines) is 1. The van der Waals surface area contributed by atoms with E-state index in [0.29, 0.717) is 39.3 Å². The van der Waals surface area contributed by atoms with Crippen molar-refractivity contribution in [1.82, 2.24) is 14.7 Å². The minimum absolute atomic E-state index is 0.0275. The first-order valence-electron chi connectivity index (χ1n) is 14.2. The van der Waals surface area contributed by atoms with Crippen LogP contribution in [0.4, 0.5) is 0 Å². The molecule has 1 N–H and O–H groups in total. The fourth-order valence-corrected chi connectivity index (χ4v) is 7.23. The molecule has 218 valence electrons. The van der Waals surface area contributed by atoms with Crippen LogP contribution in [0.25, 0.3) is 0 Å². The van der Waals surface area contributed by atoms with E-state index in [1.54, 1.807) is 11.0 Å². The number of carbonyl (C=O) groups excluding carboxylic acids is 3. The van der Waals surface area contributed by atoms with E-state index in [0.717, 1.165) is 13.1 Å². The van der Waals surface area contributed by atoms with Gasteiger partial charge in [-0.3, -0.25) is 19.3 Å². The van der Waals surface area contributed by atoms with E-state index in [-0.39, 0.29) is 36.9 Å². The summed E-state index contributed by atoms with van der Waals surface area (Å²) < 4.78 is 17.7. The van der Waals surface area contributed by atoms with Crippen molar-refractivity contribution in [2.45, 2.75) is 57.4 Å². The van der Waals surface area contributed by atoms with Gasteiger partial charge in [0.1, 0.15) is 24.2 Å². The Labute approximate surface area is 231 Å². The number of hydrogen-bond acceptors (Lipinski definition) is 8. The van der Waals surface area contributed by atoms with E-state index in [4.69, 9.17) is 14.2 Å². The predicted octanol–water partition coefficient (Wildman–Crippen LogP) is 1.09. The lowest BCUT2D eigenvalue weighted by atomic mass is 9.62. The Kier molecular flexibility index (Phi) is 8.90. The Bertz CT molecular complexity index is 967. The van der Waals surface area contributed by atoms with Crippen molar-refractivity contribution < 1.29 is 33.7 Å². The first-order valence-corrected chi connectivity index (χ1v) is 14.2. The molecule has 0 aliphatic carbocycles. The van der Waals surface area contributed by atoms with Crippen LogP contribution in [0.5, 0.6) is 0 Å². The van der Waals surface area contributed by atoms with Gasteiger partial charge in [0.25, 0.3) is 0 Å².